The van der Waals surface area contributed by atoms with E-state index in [-0.39, 0.29) is 10.9 Å². The molecule has 31 heavy (non-hydrogen) atoms. The molecule has 1 aliphatic heterocycles. The van der Waals surface area contributed by atoms with Gasteiger partial charge in [0.25, 0.3) is 0 Å². The Balaban J connectivity index is 1.43. The molecule has 10 heteroatoms. The van der Waals surface area contributed by atoms with Gasteiger partial charge in [0.1, 0.15) is 0 Å². The van der Waals surface area contributed by atoms with Crippen molar-refractivity contribution in [2.75, 3.05) is 18.0 Å². The van der Waals surface area contributed by atoms with Crippen molar-refractivity contribution in [1.29, 1.82) is 0 Å². The van der Waals surface area contributed by atoms with Gasteiger partial charge in [0.15, 0.2) is 5.13 Å². The quantitative estimate of drug-likeness (QED) is 0.587. The SMILES string of the molecule is O=S(=O)(NC1CCN(c2nccs2)CC1)c1ccc(-c2cccc(C(F)(F)F)c2)cc1. The molecule has 0 atom stereocenters. The standard InChI is InChI=1S/C21H20F3N3O2S2/c22-21(23,24)17-3-1-2-16(14-17)15-4-6-19(7-5-15)31(28,29)26-18-8-11-27(12-9-18)20-25-10-13-30-20/h1-7,10,13-14,18,26H,8-9,11-12H2. The maximum atomic E-state index is 12.9. The number of nitrogens with one attached hydrogen (secondary N) is 1. The molecule has 164 valence electrons. The van der Waals surface area contributed by atoms with Crippen LogP contribution >= 0.6 is 11.3 Å². The van der Waals surface area contributed by atoms with Gasteiger partial charge in [-0.2, -0.15) is 13.2 Å². The lowest BCUT2D eigenvalue weighted by Gasteiger charge is -2.31. The van der Waals surface area contributed by atoms with Crippen LogP contribution in [0.15, 0.2) is 65.0 Å². The Labute approximate surface area is 182 Å². The van der Waals surface area contributed by atoms with E-state index in [0.717, 1.165) is 30.4 Å². The number of thiazole rings is 1. The number of piperidine rings is 1. The van der Waals surface area contributed by atoms with E-state index in [1.54, 1.807) is 23.6 Å². The predicted octanol–water partition coefficient (Wildman–Crippen LogP) is 4.78. The lowest BCUT2D eigenvalue weighted by Crippen LogP contribution is -2.44. The summed E-state index contributed by atoms with van der Waals surface area (Å²) in [6.07, 6.45) is -1.35. The number of rotatable bonds is 5. The van der Waals surface area contributed by atoms with E-state index in [9.17, 15) is 21.6 Å². The molecule has 1 saturated heterocycles. The molecular weight excluding hydrogens is 447 g/mol. The predicted molar refractivity (Wildman–Crippen MR) is 115 cm³/mol. The molecule has 0 aliphatic carbocycles. The summed E-state index contributed by atoms with van der Waals surface area (Å²) in [6, 6.07) is 10.7. The number of hydrogen-bond donors (Lipinski definition) is 1. The minimum atomic E-state index is -4.43. The van der Waals surface area contributed by atoms with Crippen LogP contribution in [0, 0.1) is 0 Å². The molecule has 3 aromatic rings. The fraction of sp³-hybridized carbons (Fsp3) is 0.286. The first-order chi connectivity index (χ1) is 14.7. The van der Waals surface area contributed by atoms with Crippen LogP contribution in [0.2, 0.25) is 0 Å². The number of nitrogens with zero attached hydrogens (tertiary/aromatic N) is 2. The molecule has 0 unspecified atom stereocenters. The summed E-state index contributed by atoms with van der Waals surface area (Å²) >= 11 is 1.56. The molecule has 2 aromatic carbocycles. The largest absolute Gasteiger partial charge is 0.416 e. The monoisotopic (exact) mass is 467 g/mol. The lowest BCUT2D eigenvalue weighted by molar-refractivity contribution is -0.137. The van der Waals surface area contributed by atoms with Crippen LogP contribution in [-0.2, 0) is 16.2 Å². The van der Waals surface area contributed by atoms with E-state index in [4.69, 9.17) is 0 Å². The molecule has 0 amide bonds. The van der Waals surface area contributed by atoms with E-state index in [1.807, 2.05) is 5.38 Å². The van der Waals surface area contributed by atoms with E-state index >= 15 is 0 Å². The number of hydrogen-bond acceptors (Lipinski definition) is 5. The lowest BCUT2D eigenvalue weighted by atomic mass is 10.0. The average molecular weight is 468 g/mol. The zero-order chi connectivity index (χ0) is 22.1. The van der Waals surface area contributed by atoms with E-state index in [2.05, 4.69) is 14.6 Å². The van der Waals surface area contributed by atoms with Crippen molar-refractivity contribution < 1.29 is 21.6 Å². The highest BCUT2D eigenvalue weighted by Gasteiger charge is 2.30. The third kappa shape index (κ3) is 5.08. The molecule has 0 spiro atoms. The number of halogens is 3. The molecule has 5 nitrogen and oxygen atoms in total. The Morgan fingerprint density at radius 1 is 1.03 bits per heavy atom. The van der Waals surface area contributed by atoms with Crippen LogP contribution in [0.4, 0.5) is 18.3 Å². The highest BCUT2D eigenvalue weighted by atomic mass is 32.2. The molecule has 1 fully saturated rings. The Bertz CT molecular complexity index is 1120. The average Bonchev–Trinajstić information content (AvgIpc) is 3.29. The smallest absolute Gasteiger partial charge is 0.348 e. The van der Waals surface area contributed by atoms with Gasteiger partial charge >= 0.3 is 6.18 Å². The Kier molecular flexibility index (Phi) is 6.05. The Morgan fingerprint density at radius 2 is 1.74 bits per heavy atom. The Morgan fingerprint density at radius 3 is 2.35 bits per heavy atom. The molecule has 4 rings (SSSR count). The van der Waals surface area contributed by atoms with Crippen LogP contribution < -0.4 is 9.62 Å². The van der Waals surface area contributed by atoms with Gasteiger partial charge in [0.05, 0.1) is 10.5 Å². The first kappa shape index (κ1) is 21.8. The summed E-state index contributed by atoms with van der Waals surface area (Å²) in [7, 11) is -3.72. The van der Waals surface area contributed by atoms with Crippen molar-refractivity contribution in [3.63, 3.8) is 0 Å². The van der Waals surface area contributed by atoms with E-state index < -0.39 is 21.8 Å². The second kappa shape index (κ2) is 8.60. The molecule has 0 radical (unpaired) electrons. The summed E-state index contributed by atoms with van der Waals surface area (Å²) < 4.78 is 67.1. The van der Waals surface area contributed by atoms with Gasteiger partial charge in [0.2, 0.25) is 10.0 Å². The second-order valence-electron chi connectivity index (χ2n) is 7.30. The van der Waals surface area contributed by atoms with Gasteiger partial charge in [-0.25, -0.2) is 18.1 Å². The van der Waals surface area contributed by atoms with Crippen molar-refractivity contribution in [2.45, 2.75) is 30.0 Å². The number of sulfonamides is 1. The third-order valence-corrected chi connectivity index (χ3v) is 7.56. The minimum absolute atomic E-state index is 0.0885. The van der Waals surface area contributed by atoms with Crippen molar-refractivity contribution in [2.24, 2.45) is 0 Å². The number of aromatic nitrogens is 1. The molecule has 0 bridgehead atoms. The summed E-state index contributed by atoms with van der Waals surface area (Å²) in [5.74, 6) is 0. The maximum absolute atomic E-state index is 12.9. The van der Waals surface area contributed by atoms with Crippen LogP contribution in [0.1, 0.15) is 18.4 Å². The van der Waals surface area contributed by atoms with Crippen molar-refractivity contribution in [3.05, 3.63) is 65.7 Å². The summed E-state index contributed by atoms with van der Waals surface area (Å²) in [5.41, 5.74) is 0.149. The van der Waals surface area contributed by atoms with Crippen molar-refractivity contribution >= 4 is 26.5 Å². The summed E-state index contributed by atoms with van der Waals surface area (Å²) in [5, 5.41) is 2.85. The van der Waals surface area contributed by atoms with Crippen LogP contribution in [0.25, 0.3) is 11.1 Å². The van der Waals surface area contributed by atoms with Gasteiger partial charge in [0, 0.05) is 30.7 Å². The Hall–Kier alpha value is -2.43. The molecule has 1 aliphatic rings. The molecular formula is C21H20F3N3O2S2. The van der Waals surface area contributed by atoms with Crippen molar-refractivity contribution in [1.82, 2.24) is 9.71 Å². The molecule has 2 heterocycles. The number of anilines is 1. The van der Waals surface area contributed by atoms with Gasteiger partial charge < -0.3 is 4.90 Å². The topological polar surface area (TPSA) is 62.3 Å². The number of alkyl halides is 3. The van der Waals surface area contributed by atoms with Crippen LogP contribution in [0.3, 0.4) is 0 Å². The zero-order valence-corrected chi connectivity index (χ0v) is 18.0. The van der Waals surface area contributed by atoms with Gasteiger partial charge in [-0.15, -0.1) is 11.3 Å². The maximum Gasteiger partial charge on any atom is 0.416 e. The fourth-order valence-corrected chi connectivity index (χ4v) is 5.55. The van der Waals surface area contributed by atoms with Gasteiger partial charge in [-0.1, -0.05) is 24.3 Å². The van der Waals surface area contributed by atoms with Crippen LogP contribution in [-0.4, -0.2) is 32.5 Å². The van der Waals surface area contributed by atoms with Gasteiger partial charge in [-0.05, 0) is 48.2 Å². The first-order valence-corrected chi connectivity index (χ1v) is 12.0. The van der Waals surface area contributed by atoms with Crippen molar-refractivity contribution in [3.8, 4) is 11.1 Å². The highest BCUT2D eigenvalue weighted by Crippen LogP contribution is 2.32. The number of benzene rings is 2. The molecule has 1 N–H and O–H groups in total. The highest BCUT2D eigenvalue weighted by molar-refractivity contribution is 7.89. The fourth-order valence-electron chi connectivity index (χ4n) is 3.55. The summed E-state index contributed by atoms with van der Waals surface area (Å²) in [4.78, 5) is 6.51. The van der Waals surface area contributed by atoms with E-state index in [0.29, 0.717) is 24.0 Å². The molecule has 1 aromatic heterocycles. The minimum Gasteiger partial charge on any atom is -0.348 e. The second-order valence-corrected chi connectivity index (χ2v) is 9.89. The van der Waals surface area contributed by atoms with Crippen LogP contribution in [0.5, 0.6) is 0 Å². The normalized spacial score (nSPS) is 15.9. The first-order valence-electron chi connectivity index (χ1n) is 9.67. The molecule has 0 saturated carbocycles. The van der Waals surface area contributed by atoms with Gasteiger partial charge in [-0.3, -0.25) is 0 Å². The third-order valence-electron chi connectivity index (χ3n) is 5.19. The van der Waals surface area contributed by atoms with E-state index in [1.165, 1.54) is 30.3 Å². The summed E-state index contributed by atoms with van der Waals surface area (Å²) in [6.45, 7) is 1.43. The zero-order valence-electron chi connectivity index (χ0n) is 16.3.